The number of carbonyl (C=O) groups excluding carboxylic acids is 1. The molecule has 4 rings (SSSR count). The van der Waals surface area contributed by atoms with Gasteiger partial charge in [0.25, 0.3) is 5.91 Å². The molecular weight excluding hydrogens is 436 g/mol. The summed E-state index contributed by atoms with van der Waals surface area (Å²) in [4.78, 5) is 21.4. The quantitative estimate of drug-likeness (QED) is 0.195. The first kappa shape index (κ1) is 22.3. The number of carbonyl (C=O) groups is 1. The van der Waals surface area contributed by atoms with Crippen LogP contribution in [0.15, 0.2) is 71.2 Å². The van der Waals surface area contributed by atoms with Gasteiger partial charge in [0.2, 0.25) is 0 Å². The number of nitrogens with one attached hydrogen (secondary N) is 1. The van der Waals surface area contributed by atoms with Gasteiger partial charge in [-0.25, -0.2) is 20.1 Å². The summed E-state index contributed by atoms with van der Waals surface area (Å²) in [7, 11) is 0. The molecule has 0 spiro atoms. The van der Waals surface area contributed by atoms with Crippen LogP contribution in [-0.2, 0) is 5.75 Å². The Bertz CT molecular complexity index is 1270. The third kappa shape index (κ3) is 5.86. The van der Waals surface area contributed by atoms with Crippen molar-refractivity contribution in [3.63, 3.8) is 0 Å². The lowest BCUT2D eigenvalue weighted by Gasteiger charge is -2.06. The van der Waals surface area contributed by atoms with E-state index in [0.29, 0.717) is 11.3 Å². The van der Waals surface area contributed by atoms with E-state index in [-0.39, 0.29) is 5.91 Å². The highest BCUT2D eigenvalue weighted by Crippen LogP contribution is 2.20. The van der Waals surface area contributed by atoms with Gasteiger partial charge in [-0.05, 0) is 72.7 Å². The average Bonchev–Trinajstić information content (AvgIpc) is 3.36. The monoisotopic (exact) mass is 458 g/mol. The Balaban J connectivity index is 1.36. The highest BCUT2D eigenvalue weighted by Gasteiger charge is 2.07. The van der Waals surface area contributed by atoms with Crippen LogP contribution in [-0.4, -0.2) is 41.8 Å². The first-order valence-corrected chi connectivity index (χ1v) is 11.2. The van der Waals surface area contributed by atoms with Gasteiger partial charge in [0, 0.05) is 22.7 Å². The molecule has 0 aliphatic heterocycles. The lowest BCUT2D eigenvalue weighted by molar-refractivity contribution is 0.0955. The maximum atomic E-state index is 12.5. The van der Waals surface area contributed by atoms with Gasteiger partial charge in [-0.1, -0.05) is 36.0 Å². The largest absolute Gasteiger partial charge is 0.271 e. The number of benzene rings is 2. The molecule has 10 heteroatoms. The number of hydrogen-bond acceptors (Lipinski definition) is 8. The molecule has 166 valence electrons. The molecule has 0 atom stereocenters. The summed E-state index contributed by atoms with van der Waals surface area (Å²) in [5, 5.41) is 16.2. The summed E-state index contributed by atoms with van der Waals surface area (Å²) in [5.41, 5.74) is 8.46. The van der Waals surface area contributed by atoms with Crippen LogP contribution in [0.2, 0.25) is 0 Å². The van der Waals surface area contributed by atoms with Crippen molar-refractivity contribution in [3.8, 4) is 5.69 Å². The summed E-state index contributed by atoms with van der Waals surface area (Å²) < 4.78 is 1.56. The molecule has 2 heterocycles. The van der Waals surface area contributed by atoms with Crippen LogP contribution in [0.4, 0.5) is 0 Å². The van der Waals surface area contributed by atoms with Crippen LogP contribution >= 0.6 is 11.8 Å². The van der Waals surface area contributed by atoms with Gasteiger partial charge in [-0.3, -0.25) is 4.79 Å². The van der Waals surface area contributed by atoms with Crippen molar-refractivity contribution in [2.24, 2.45) is 5.10 Å². The van der Waals surface area contributed by atoms with Gasteiger partial charge < -0.3 is 0 Å². The minimum Gasteiger partial charge on any atom is -0.267 e. The minimum absolute atomic E-state index is 0.275. The van der Waals surface area contributed by atoms with Crippen LogP contribution in [0, 0.1) is 13.8 Å². The number of rotatable bonds is 7. The second-order valence-corrected chi connectivity index (χ2v) is 8.30. The molecule has 1 amide bonds. The second-order valence-electron chi connectivity index (χ2n) is 7.36. The van der Waals surface area contributed by atoms with Crippen molar-refractivity contribution in [1.82, 2.24) is 35.6 Å². The van der Waals surface area contributed by atoms with Crippen molar-refractivity contribution >= 4 is 23.4 Å². The zero-order valence-electron chi connectivity index (χ0n) is 18.4. The molecule has 0 unspecified atom stereocenters. The molecule has 0 saturated heterocycles. The first-order chi connectivity index (χ1) is 16.0. The third-order valence-corrected chi connectivity index (χ3v) is 5.67. The van der Waals surface area contributed by atoms with Gasteiger partial charge in [-0.2, -0.15) is 5.10 Å². The molecule has 9 nitrogen and oxygen atoms in total. The molecule has 0 radical (unpaired) electrons. The number of nitrogens with zero attached hydrogens (tertiary/aromatic N) is 7. The summed E-state index contributed by atoms with van der Waals surface area (Å²) in [5.74, 6) is 0.447. The van der Waals surface area contributed by atoms with E-state index in [9.17, 15) is 4.79 Å². The highest BCUT2D eigenvalue weighted by molar-refractivity contribution is 7.98. The van der Waals surface area contributed by atoms with Gasteiger partial charge in [-0.15, -0.1) is 5.10 Å². The maximum Gasteiger partial charge on any atom is 0.271 e. The van der Waals surface area contributed by atoms with Crippen LogP contribution in [0.1, 0.15) is 39.8 Å². The van der Waals surface area contributed by atoms with Crippen LogP contribution in [0.5, 0.6) is 0 Å². The van der Waals surface area contributed by atoms with Crippen LogP contribution in [0.25, 0.3) is 5.69 Å². The zero-order chi connectivity index (χ0) is 23.2. The van der Waals surface area contributed by atoms with Crippen molar-refractivity contribution in [3.05, 3.63) is 89.0 Å². The summed E-state index contributed by atoms with van der Waals surface area (Å²) in [6.07, 6.45) is 1.52. The molecule has 0 saturated carbocycles. The molecular formula is C23H22N8OS. The van der Waals surface area contributed by atoms with E-state index in [4.69, 9.17) is 0 Å². The normalized spacial score (nSPS) is 11.4. The Morgan fingerprint density at radius 1 is 1.03 bits per heavy atom. The van der Waals surface area contributed by atoms with Crippen molar-refractivity contribution in [1.29, 1.82) is 0 Å². The lowest BCUT2D eigenvalue weighted by atomic mass is 10.1. The molecule has 0 fully saturated rings. The number of thioether (sulfide) groups is 1. The number of aromatic nitrogens is 6. The molecule has 0 aliphatic rings. The predicted molar refractivity (Wildman–Crippen MR) is 126 cm³/mol. The first-order valence-electron chi connectivity index (χ1n) is 10.2. The van der Waals surface area contributed by atoms with E-state index in [1.807, 2.05) is 63.2 Å². The number of hydrogen-bond donors (Lipinski definition) is 1. The molecule has 2 aromatic carbocycles. The summed E-state index contributed by atoms with van der Waals surface area (Å²) in [6.45, 7) is 5.75. The molecule has 0 bridgehead atoms. The van der Waals surface area contributed by atoms with Crippen molar-refractivity contribution < 1.29 is 4.79 Å². The molecule has 1 N–H and O–H groups in total. The third-order valence-electron chi connectivity index (χ3n) is 4.75. The molecule has 2 aromatic heterocycles. The van der Waals surface area contributed by atoms with Crippen molar-refractivity contribution in [2.75, 3.05) is 0 Å². The zero-order valence-corrected chi connectivity index (χ0v) is 19.2. The molecule has 4 aromatic rings. The molecule has 33 heavy (non-hydrogen) atoms. The Hall–Kier alpha value is -3.92. The number of amides is 1. The number of tetrazole rings is 1. The van der Waals surface area contributed by atoms with E-state index in [0.717, 1.165) is 39.1 Å². The Kier molecular flexibility index (Phi) is 6.84. The standard InChI is InChI=1S/C23H22N8OS/c1-15-11-16(2)26-23(25-15)33-13-18-7-9-19(10-8-18)22(32)28-27-17(3)20-5-4-6-21(12-20)31-14-24-29-30-31/h4-12,14H,13H2,1-3H3,(H,28,32)/b27-17+. The van der Waals surface area contributed by atoms with E-state index in [1.54, 1.807) is 28.6 Å². The topological polar surface area (TPSA) is 111 Å². The van der Waals surface area contributed by atoms with Gasteiger partial charge >= 0.3 is 0 Å². The van der Waals surface area contributed by atoms with E-state index >= 15 is 0 Å². The highest BCUT2D eigenvalue weighted by atomic mass is 32.2. The minimum atomic E-state index is -0.275. The fourth-order valence-corrected chi connectivity index (χ4v) is 3.98. The number of hydrazone groups is 1. The van der Waals surface area contributed by atoms with Crippen molar-refractivity contribution in [2.45, 2.75) is 31.7 Å². The van der Waals surface area contributed by atoms with E-state index in [2.05, 4.69) is 36.0 Å². The second kappa shape index (κ2) is 10.1. The fraction of sp³-hybridized carbons (Fsp3) is 0.174. The van der Waals surface area contributed by atoms with Crippen LogP contribution < -0.4 is 5.43 Å². The smallest absolute Gasteiger partial charge is 0.267 e. The van der Waals surface area contributed by atoms with Gasteiger partial charge in [0.15, 0.2) is 5.16 Å². The Morgan fingerprint density at radius 2 is 1.79 bits per heavy atom. The average molecular weight is 459 g/mol. The Labute approximate surface area is 195 Å². The summed E-state index contributed by atoms with van der Waals surface area (Å²) >= 11 is 1.57. The fourth-order valence-electron chi connectivity index (χ4n) is 3.08. The maximum absolute atomic E-state index is 12.5. The van der Waals surface area contributed by atoms with E-state index in [1.165, 1.54) is 6.33 Å². The Morgan fingerprint density at radius 3 is 2.48 bits per heavy atom. The van der Waals surface area contributed by atoms with Gasteiger partial charge in [0.1, 0.15) is 6.33 Å². The predicted octanol–water partition coefficient (Wildman–Crippen LogP) is 3.52. The van der Waals surface area contributed by atoms with E-state index < -0.39 is 0 Å². The SMILES string of the molecule is C/C(=N\NC(=O)c1ccc(CSc2nc(C)cc(C)n2)cc1)c1cccc(-n2cnnn2)c1. The summed E-state index contributed by atoms with van der Waals surface area (Å²) in [6, 6.07) is 17.0. The van der Waals surface area contributed by atoms with Gasteiger partial charge in [0.05, 0.1) is 11.4 Å². The van der Waals surface area contributed by atoms with Crippen LogP contribution in [0.3, 0.4) is 0 Å². The lowest BCUT2D eigenvalue weighted by Crippen LogP contribution is -2.19. The number of aryl methyl sites for hydroxylation is 2. The molecule has 0 aliphatic carbocycles.